The third-order valence-electron chi connectivity index (χ3n) is 4.55. The van der Waals surface area contributed by atoms with Gasteiger partial charge in [-0.1, -0.05) is 29.3 Å². The second-order valence-corrected chi connectivity index (χ2v) is 6.71. The SMILES string of the molecule is CC(C)OC[C@H]1[C@@H]2CNC[C@@]21c1ccc(Cl)c(Cl)c1. The Labute approximate surface area is 124 Å². The van der Waals surface area contributed by atoms with Crippen LogP contribution >= 0.6 is 23.2 Å². The highest BCUT2D eigenvalue weighted by Gasteiger charge is 2.67. The van der Waals surface area contributed by atoms with E-state index in [-0.39, 0.29) is 5.41 Å². The zero-order valence-electron chi connectivity index (χ0n) is 11.2. The van der Waals surface area contributed by atoms with Gasteiger partial charge in [0.2, 0.25) is 0 Å². The molecule has 1 N–H and O–H groups in total. The van der Waals surface area contributed by atoms with Crippen LogP contribution in [0.3, 0.4) is 0 Å². The van der Waals surface area contributed by atoms with Crippen LogP contribution in [0.2, 0.25) is 10.0 Å². The molecule has 2 fully saturated rings. The third kappa shape index (κ3) is 2.19. The van der Waals surface area contributed by atoms with E-state index in [1.165, 1.54) is 5.56 Å². The summed E-state index contributed by atoms with van der Waals surface area (Å²) in [5.41, 5.74) is 1.51. The molecule has 1 saturated heterocycles. The lowest BCUT2D eigenvalue weighted by atomic mass is 9.93. The van der Waals surface area contributed by atoms with E-state index in [9.17, 15) is 0 Å². The van der Waals surface area contributed by atoms with Gasteiger partial charge in [-0.2, -0.15) is 0 Å². The van der Waals surface area contributed by atoms with Crippen molar-refractivity contribution in [3.05, 3.63) is 33.8 Å². The highest BCUT2D eigenvalue weighted by Crippen LogP contribution is 2.62. The molecule has 1 aromatic carbocycles. The van der Waals surface area contributed by atoms with E-state index in [0.717, 1.165) is 19.7 Å². The molecule has 2 nitrogen and oxygen atoms in total. The van der Waals surface area contributed by atoms with Gasteiger partial charge in [0.25, 0.3) is 0 Å². The molecule has 0 unspecified atom stereocenters. The third-order valence-corrected chi connectivity index (χ3v) is 5.29. The molecule has 0 radical (unpaired) electrons. The molecular weight excluding hydrogens is 281 g/mol. The standard InChI is InChI=1S/C15H19Cl2NO/c1-9(2)19-7-12-11-6-18-8-15(11,12)10-3-4-13(16)14(17)5-10/h3-5,9,11-12,18H,6-8H2,1-2H3/t11-,12-,15+/m0/s1. The normalized spacial score (nSPS) is 32.7. The van der Waals surface area contributed by atoms with Crippen LogP contribution in [-0.2, 0) is 10.2 Å². The fraction of sp³-hybridized carbons (Fsp3) is 0.600. The summed E-state index contributed by atoms with van der Waals surface area (Å²) in [6.07, 6.45) is 0.292. The van der Waals surface area contributed by atoms with Gasteiger partial charge in [-0.05, 0) is 49.9 Å². The molecule has 19 heavy (non-hydrogen) atoms. The van der Waals surface area contributed by atoms with Gasteiger partial charge >= 0.3 is 0 Å². The zero-order valence-corrected chi connectivity index (χ0v) is 12.8. The summed E-state index contributed by atoms with van der Waals surface area (Å²) in [6, 6.07) is 6.05. The molecule has 1 heterocycles. The minimum atomic E-state index is 0.211. The summed E-state index contributed by atoms with van der Waals surface area (Å²) in [5, 5.41) is 4.75. The smallest absolute Gasteiger partial charge is 0.0595 e. The van der Waals surface area contributed by atoms with Crippen LogP contribution < -0.4 is 5.32 Å². The Morgan fingerprint density at radius 2 is 2.16 bits per heavy atom. The molecule has 2 aliphatic rings. The lowest BCUT2D eigenvalue weighted by molar-refractivity contribution is 0.0634. The van der Waals surface area contributed by atoms with Crippen molar-refractivity contribution in [3.8, 4) is 0 Å². The van der Waals surface area contributed by atoms with E-state index in [1.54, 1.807) is 0 Å². The van der Waals surface area contributed by atoms with Gasteiger partial charge in [-0.3, -0.25) is 0 Å². The van der Waals surface area contributed by atoms with Crippen LogP contribution in [0.15, 0.2) is 18.2 Å². The topological polar surface area (TPSA) is 21.3 Å². The molecule has 1 saturated carbocycles. The molecule has 0 aromatic heterocycles. The molecule has 1 aliphatic carbocycles. The second kappa shape index (κ2) is 4.92. The largest absolute Gasteiger partial charge is 0.378 e. The highest BCUT2D eigenvalue weighted by molar-refractivity contribution is 6.42. The zero-order chi connectivity index (χ0) is 13.6. The van der Waals surface area contributed by atoms with Gasteiger partial charge in [-0.25, -0.2) is 0 Å². The van der Waals surface area contributed by atoms with Gasteiger partial charge in [0.05, 0.1) is 22.8 Å². The first kappa shape index (κ1) is 13.7. The van der Waals surface area contributed by atoms with E-state index in [1.807, 2.05) is 12.1 Å². The highest BCUT2D eigenvalue weighted by atomic mass is 35.5. The maximum Gasteiger partial charge on any atom is 0.0595 e. The fourth-order valence-electron chi connectivity index (χ4n) is 3.50. The van der Waals surface area contributed by atoms with Crippen molar-refractivity contribution in [3.63, 3.8) is 0 Å². The van der Waals surface area contributed by atoms with Crippen molar-refractivity contribution >= 4 is 23.2 Å². The van der Waals surface area contributed by atoms with Crippen molar-refractivity contribution < 1.29 is 4.74 Å². The average Bonchev–Trinajstić information content (AvgIpc) is 2.76. The molecule has 1 aliphatic heterocycles. The molecule has 104 valence electrons. The maximum atomic E-state index is 6.16. The molecule has 3 atom stereocenters. The molecule has 0 amide bonds. The van der Waals surface area contributed by atoms with Crippen LogP contribution in [0.25, 0.3) is 0 Å². The first-order chi connectivity index (χ1) is 9.05. The van der Waals surface area contributed by atoms with E-state index in [0.29, 0.717) is 28.0 Å². The Bertz CT molecular complexity index is 491. The van der Waals surface area contributed by atoms with Crippen molar-refractivity contribution in [2.75, 3.05) is 19.7 Å². The minimum absolute atomic E-state index is 0.211. The van der Waals surface area contributed by atoms with Gasteiger partial charge in [-0.15, -0.1) is 0 Å². The van der Waals surface area contributed by atoms with Gasteiger partial charge in [0, 0.05) is 12.0 Å². The predicted molar refractivity (Wildman–Crippen MR) is 79.1 cm³/mol. The van der Waals surface area contributed by atoms with Crippen molar-refractivity contribution in [2.45, 2.75) is 25.4 Å². The Morgan fingerprint density at radius 1 is 1.37 bits per heavy atom. The Hall–Kier alpha value is -0.280. The van der Waals surface area contributed by atoms with Crippen LogP contribution in [0, 0.1) is 11.8 Å². The molecule has 1 aromatic rings. The molecule has 0 spiro atoms. The lowest BCUT2D eigenvalue weighted by Crippen LogP contribution is -2.25. The predicted octanol–water partition coefficient (Wildman–Crippen LogP) is 3.51. The monoisotopic (exact) mass is 299 g/mol. The van der Waals surface area contributed by atoms with E-state index >= 15 is 0 Å². The molecule has 0 bridgehead atoms. The number of halogens is 2. The number of hydrogen-bond donors (Lipinski definition) is 1. The van der Waals surface area contributed by atoms with E-state index in [2.05, 4.69) is 25.2 Å². The Balaban J connectivity index is 1.83. The summed E-state index contributed by atoms with van der Waals surface area (Å²) in [5.74, 6) is 1.27. The number of nitrogens with one attached hydrogen (secondary N) is 1. The Kier molecular flexibility index (Phi) is 3.55. The summed E-state index contributed by atoms with van der Waals surface area (Å²) in [4.78, 5) is 0. The number of fused-ring (bicyclic) bond motifs is 1. The lowest BCUT2D eigenvalue weighted by Gasteiger charge is -2.17. The number of piperidine rings is 1. The summed E-state index contributed by atoms with van der Waals surface area (Å²) >= 11 is 12.2. The first-order valence-electron chi connectivity index (χ1n) is 6.83. The molecule has 4 heteroatoms. The molecular formula is C15H19Cl2NO. The fourth-order valence-corrected chi connectivity index (χ4v) is 3.80. The number of benzene rings is 1. The van der Waals surface area contributed by atoms with Gasteiger partial charge < -0.3 is 10.1 Å². The summed E-state index contributed by atoms with van der Waals surface area (Å²) in [7, 11) is 0. The van der Waals surface area contributed by atoms with Gasteiger partial charge in [0.1, 0.15) is 0 Å². The molecule has 3 rings (SSSR count). The van der Waals surface area contributed by atoms with E-state index < -0.39 is 0 Å². The van der Waals surface area contributed by atoms with Crippen LogP contribution in [-0.4, -0.2) is 25.8 Å². The minimum Gasteiger partial charge on any atom is -0.378 e. The number of ether oxygens (including phenoxy) is 1. The van der Waals surface area contributed by atoms with Crippen LogP contribution in [0.4, 0.5) is 0 Å². The van der Waals surface area contributed by atoms with Gasteiger partial charge in [0.15, 0.2) is 0 Å². The van der Waals surface area contributed by atoms with E-state index in [4.69, 9.17) is 27.9 Å². The maximum absolute atomic E-state index is 6.16. The first-order valence-corrected chi connectivity index (χ1v) is 7.59. The van der Waals surface area contributed by atoms with Crippen molar-refractivity contribution in [1.29, 1.82) is 0 Å². The second-order valence-electron chi connectivity index (χ2n) is 5.90. The number of rotatable bonds is 4. The average molecular weight is 300 g/mol. The van der Waals surface area contributed by atoms with Crippen LogP contribution in [0.1, 0.15) is 19.4 Å². The van der Waals surface area contributed by atoms with Crippen LogP contribution in [0.5, 0.6) is 0 Å². The summed E-state index contributed by atoms with van der Waals surface area (Å²) in [6.45, 7) is 7.10. The van der Waals surface area contributed by atoms with Crippen molar-refractivity contribution in [1.82, 2.24) is 5.32 Å². The summed E-state index contributed by atoms with van der Waals surface area (Å²) < 4.78 is 5.82. The quantitative estimate of drug-likeness (QED) is 0.919. The van der Waals surface area contributed by atoms with Crippen molar-refractivity contribution in [2.24, 2.45) is 11.8 Å². The number of hydrogen-bond acceptors (Lipinski definition) is 2. The Morgan fingerprint density at radius 3 is 2.84 bits per heavy atom.